The van der Waals surface area contributed by atoms with E-state index in [2.05, 4.69) is 5.32 Å². The Bertz CT molecular complexity index is 1130. The zero-order chi connectivity index (χ0) is 22.1. The predicted octanol–water partition coefficient (Wildman–Crippen LogP) is 3.25. The van der Waals surface area contributed by atoms with Crippen LogP contribution in [0.4, 0.5) is 5.69 Å². The monoisotopic (exact) mass is 463 g/mol. The molecule has 1 saturated heterocycles. The SMILES string of the molecule is O=C(Nc1cccc2c(O)n(CC(=O)N3CCC(CO)CC3)c(O)c12)c1ccc(Cl)s1. The van der Waals surface area contributed by atoms with Gasteiger partial charge in [0.25, 0.3) is 5.91 Å². The van der Waals surface area contributed by atoms with E-state index in [1.165, 1.54) is 0 Å². The fourth-order valence-electron chi connectivity index (χ4n) is 3.83. The van der Waals surface area contributed by atoms with Crippen molar-refractivity contribution in [2.75, 3.05) is 25.0 Å². The topological polar surface area (TPSA) is 115 Å². The van der Waals surface area contributed by atoms with Crippen molar-refractivity contribution < 1.29 is 24.9 Å². The van der Waals surface area contributed by atoms with Gasteiger partial charge >= 0.3 is 0 Å². The number of carbonyl (C=O) groups excluding carboxylic acids is 2. The molecular weight excluding hydrogens is 442 g/mol. The van der Waals surface area contributed by atoms with Crippen LogP contribution in [0, 0.1) is 5.92 Å². The van der Waals surface area contributed by atoms with E-state index in [1.54, 1.807) is 35.2 Å². The molecule has 1 aliphatic rings. The lowest BCUT2D eigenvalue weighted by molar-refractivity contribution is -0.133. The van der Waals surface area contributed by atoms with Crippen LogP contribution in [-0.2, 0) is 11.3 Å². The number of likely N-dealkylation sites (tertiary alicyclic amines) is 1. The largest absolute Gasteiger partial charge is 0.494 e. The Morgan fingerprint density at radius 1 is 1.13 bits per heavy atom. The molecule has 164 valence electrons. The Hall–Kier alpha value is -2.75. The number of nitrogens with one attached hydrogen (secondary N) is 1. The van der Waals surface area contributed by atoms with Crippen LogP contribution in [0.15, 0.2) is 30.3 Å². The van der Waals surface area contributed by atoms with Crippen LogP contribution in [0.2, 0.25) is 4.34 Å². The van der Waals surface area contributed by atoms with Crippen molar-refractivity contribution >= 4 is 51.2 Å². The summed E-state index contributed by atoms with van der Waals surface area (Å²) in [4.78, 5) is 27.3. The number of hydrogen-bond donors (Lipinski definition) is 4. The number of amides is 2. The van der Waals surface area contributed by atoms with Crippen molar-refractivity contribution in [3.05, 3.63) is 39.5 Å². The van der Waals surface area contributed by atoms with Gasteiger partial charge in [-0.2, -0.15) is 0 Å². The Labute approximate surface area is 187 Å². The predicted molar refractivity (Wildman–Crippen MR) is 119 cm³/mol. The minimum Gasteiger partial charge on any atom is -0.494 e. The highest BCUT2D eigenvalue weighted by molar-refractivity contribution is 7.18. The molecule has 0 bridgehead atoms. The highest BCUT2D eigenvalue weighted by Gasteiger charge is 2.26. The van der Waals surface area contributed by atoms with E-state index in [9.17, 15) is 24.9 Å². The standard InChI is InChI=1S/C21H22ClN3O5S/c22-16-5-4-15(31-16)19(28)23-14-3-1-2-13-18(14)21(30)25(20(13)29)10-17(27)24-8-6-12(11-26)7-9-24/h1-5,12,26,29-30H,6-11H2,(H,23,28). The van der Waals surface area contributed by atoms with Crippen molar-refractivity contribution in [2.24, 2.45) is 5.92 Å². The third kappa shape index (κ3) is 4.21. The van der Waals surface area contributed by atoms with E-state index in [4.69, 9.17) is 11.6 Å². The van der Waals surface area contributed by atoms with Gasteiger partial charge in [-0.05, 0) is 43.0 Å². The number of nitrogens with zero attached hydrogens (tertiary/aromatic N) is 2. The molecule has 31 heavy (non-hydrogen) atoms. The summed E-state index contributed by atoms with van der Waals surface area (Å²) >= 11 is 7.02. The van der Waals surface area contributed by atoms with Gasteiger partial charge in [-0.1, -0.05) is 17.7 Å². The number of thiophene rings is 1. The Morgan fingerprint density at radius 3 is 2.52 bits per heavy atom. The van der Waals surface area contributed by atoms with Crippen LogP contribution >= 0.6 is 22.9 Å². The van der Waals surface area contributed by atoms with Crippen molar-refractivity contribution in [2.45, 2.75) is 19.4 Å². The summed E-state index contributed by atoms with van der Waals surface area (Å²) in [6.07, 6.45) is 1.44. The molecule has 0 unspecified atom stereocenters. The molecule has 8 nitrogen and oxygen atoms in total. The second kappa shape index (κ2) is 8.78. The van der Waals surface area contributed by atoms with Crippen molar-refractivity contribution in [1.29, 1.82) is 0 Å². The number of rotatable bonds is 5. The highest BCUT2D eigenvalue weighted by Crippen LogP contribution is 2.41. The van der Waals surface area contributed by atoms with Crippen LogP contribution in [0.5, 0.6) is 11.8 Å². The number of hydrogen-bond acceptors (Lipinski definition) is 6. The molecule has 2 aromatic heterocycles. The molecule has 10 heteroatoms. The van der Waals surface area contributed by atoms with E-state index < -0.39 is 0 Å². The number of aromatic nitrogens is 1. The lowest BCUT2D eigenvalue weighted by atomic mass is 9.98. The minimum atomic E-state index is -0.390. The first-order valence-electron chi connectivity index (χ1n) is 9.87. The van der Waals surface area contributed by atoms with Gasteiger partial charge < -0.3 is 25.5 Å². The van der Waals surface area contributed by atoms with E-state index in [-0.39, 0.29) is 48.0 Å². The zero-order valence-corrected chi connectivity index (χ0v) is 18.1. The fraction of sp³-hybridized carbons (Fsp3) is 0.333. The van der Waals surface area contributed by atoms with Gasteiger partial charge in [0.05, 0.1) is 20.3 Å². The van der Waals surface area contributed by atoms with Gasteiger partial charge in [0, 0.05) is 25.1 Å². The molecule has 0 aliphatic carbocycles. The molecule has 4 N–H and O–H groups in total. The summed E-state index contributed by atoms with van der Waals surface area (Å²) in [6, 6.07) is 8.08. The lowest BCUT2D eigenvalue weighted by Crippen LogP contribution is -2.40. The molecule has 3 heterocycles. The van der Waals surface area contributed by atoms with Gasteiger partial charge in [0.2, 0.25) is 17.7 Å². The maximum absolute atomic E-state index is 12.7. The van der Waals surface area contributed by atoms with E-state index in [1.807, 2.05) is 0 Å². The third-order valence-corrected chi connectivity index (χ3v) is 6.83. The maximum atomic E-state index is 12.7. The second-order valence-electron chi connectivity index (χ2n) is 7.53. The minimum absolute atomic E-state index is 0.110. The number of aliphatic hydroxyl groups excluding tert-OH is 1. The van der Waals surface area contributed by atoms with E-state index in [0.717, 1.165) is 28.7 Å². The molecule has 0 radical (unpaired) electrons. The van der Waals surface area contributed by atoms with Gasteiger partial charge in [0.1, 0.15) is 6.54 Å². The lowest BCUT2D eigenvalue weighted by Gasteiger charge is -2.31. The van der Waals surface area contributed by atoms with Crippen LogP contribution in [-0.4, -0.2) is 56.3 Å². The van der Waals surface area contributed by atoms with Gasteiger partial charge in [0.15, 0.2) is 0 Å². The van der Waals surface area contributed by atoms with Crippen molar-refractivity contribution in [3.63, 3.8) is 0 Å². The molecule has 3 aromatic rings. The maximum Gasteiger partial charge on any atom is 0.265 e. The first-order valence-corrected chi connectivity index (χ1v) is 11.1. The number of carbonyl (C=O) groups is 2. The molecular formula is C21H22ClN3O5S. The number of aliphatic hydroxyl groups is 1. The summed E-state index contributed by atoms with van der Waals surface area (Å²) in [5.74, 6) is -0.975. The highest BCUT2D eigenvalue weighted by atomic mass is 35.5. The summed E-state index contributed by atoms with van der Waals surface area (Å²) in [7, 11) is 0. The number of benzene rings is 1. The Balaban J connectivity index is 1.59. The van der Waals surface area contributed by atoms with Crippen molar-refractivity contribution in [3.8, 4) is 11.8 Å². The number of aromatic hydroxyl groups is 2. The Kier molecular flexibility index (Phi) is 6.08. The van der Waals surface area contributed by atoms with Crippen LogP contribution in [0.25, 0.3) is 10.8 Å². The average Bonchev–Trinajstić information content (AvgIpc) is 3.31. The van der Waals surface area contributed by atoms with Gasteiger partial charge in [-0.3, -0.25) is 14.2 Å². The van der Waals surface area contributed by atoms with Gasteiger partial charge in [-0.25, -0.2) is 0 Å². The molecule has 0 saturated carbocycles. The molecule has 4 rings (SSSR count). The number of anilines is 1. The number of halogens is 1. The molecule has 1 fully saturated rings. The summed E-state index contributed by atoms with van der Waals surface area (Å²) < 4.78 is 1.62. The quantitative estimate of drug-likeness (QED) is 0.463. The van der Waals surface area contributed by atoms with Crippen molar-refractivity contribution in [1.82, 2.24) is 9.47 Å². The first kappa shape index (κ1) is 21.5. The Morgan fingerprint density at radius 2 is 1.87 bits per heavy atom. The molecule has 0 atom stereocenters. The summed E-state index contributed by atoms with van der Waals surface area (Å²) in [5.41, 5.74) is 0.315. The smallest absolute Gasteiger partial charge is 0.265 e. The van der Waals surface area contributed by atoms with Gasteiger partial charge in [-0.15, -0.1) is 11.3 Å². The fourth-order valence-corrected chi connectivity index (χ4v) is 4.77. The average molecular weight is 464 g/mol. The number of piperidine rings is 1. The third-order valence-electron chi connectivity index (χ3n) is 5.60. The second-order valence-corrected chi connectivity index (χ2v) is 9.24. The van der Waals surface area contributed by atoms with E-state index in [0.29, 0.717) is 33.4 Å². The molecule has 0 spiro atoms. The molecule has 1 aliphatic heterocycles. The van der Waals surface area contributed by atoms with Crippen LogP contribution in [0.3, 0.4) is 0 Å². The summed E-state index contributed by atoms with van der Waals surface area (Å²) in [6.45, 7) is 0.928. The van der Waals surface area contributed by atoms with Crippen LogP contribution in [0.1, 0.15) is 22.5 Å². The zero-order valence-electron chi connectivity index (χ0n) is 16.5. The number of fused-ring (bicyclic) bond motifs is 1. The van der Waals surface area contributed by atoms with Crippen LogP contribution < -0.4 is 5.32 Å². The molecule has 1 aromatic carbocycles. The van der Waals surface area contributed by atoms with E-state index >= 15 is 0 Å². The normalized spacial score (nSPS) is 14.8. The first-order chi connectivity index (χ1) is 14.9. The molecule has 2 amide bonds. The summed E-state index contributed by atoms with van der Waals surface area (Å²) in [5, 5.41) is 34.0.